The molecule has 1 aromatic rings. The lowest BCUT2D eigenvalue weighted by Gasteiger charge is -2.32. The first-order valence-electron chi connectivity index (χ1n) is 6.19. The molecule has 96 valence electrons. The zero-order chi connectivity index (χ0) is 13.6. The molecule has 0 aliphatic carbocycles. The van der Waals surface area contributed by atoms with Gasteiger partial charge in [0.05, 0.1) is 11.2 Å². The van der Waals surface area contributed by atoms with Crippen molar-refractivity contribution >= 4 is 18.9 Å². The van der Waals surface area contributed by atoms with Crippen LogP contribution in [-0.4, -0.2) is 24.6 Å². The lowest BCUT2D eigenvalue weighted by atomic mass is 9.73. The Balaban J connectivity index is 2.44. The fraction of sp³-hybridized carbons (Fsp3) is 0.500. The van der Waals surface area contributed by atoms with Gasteiger partial charge in [0.2, 0.25) is 0 Å². The molecule has 3 nitrogen and oxygen atoms in total. The summed E-state index contributed by atoms with van der Waals surface area (Å²) in [5.41, 5.74) is 1.71. The van der Waals surface area contributed by atoms with Crippen LogP contribution in [-0.2, 0) is 9.31 Å². The molecule has 1 aliphatic rings. The number of aldehydes is 1. The first kappa shape index (κ1) is 13.3. The maximum Gasteiger partial charge on any atom is 0.495 e. The quantitative estimate of drug-likeness (QED) is 0.592. The third-order valence-electron chi connectivity index (χ3n) is 3.97. The zero-order valence-corrected chi connectivity index (χ0v) is 11.6. The van der Waals surface area contributed by atoms with Crippen molar-refractivity contribution in [1.29, 1.82) is 0 Å². The predicted molar refractivity (Wildman–Crippen MR) is 72.3 cm³/mol. The summed E-state index contributed by atoms with van der Waals surface area (Å²) < 4.78 is 12.0. The highest BCUT2D eigenvalue weighted by Crippen LogP contribution is 2.36. The topological polar surface area (TPSA) is 35.5 Å². The highest BCUT2D eigenvalue weighted by atomic mass is 16.7. The molecule has 0 amide bonds. The molecule has 1 heterocycles. The van der Waals surface area contributed by atoms with Gasteiger partial charge >= 0.3 is 7.12 Å². The van der Waals surface area contributed by atoms with E-state index in [0.29, 0.717) is 5.56 Å². The molecule has 0 bridgehead atoms. The minimum absolute atomic E-state index is 0.389. The van der Waals surface area contributed by atoms with Crippen molar-refractivity contribution in [2.45, 2.75) is 45.8 Å². The summed E-state index contributed by atoms with van der Waals surface area (Å²) >= 11 is 0. The molecular formula is C14H19BO3. The fourth-order valence-electron chi connectivity index (χ4n) is 2.09. The van der Waals surface area contributed by atoms with Crippen molar-refractivity contribution in [2.75, 3.05) is 0 Å². The third-order valence-corrected chi connectivity index (χ3v) is 3.97. The van der Waals surface area contributed by atoms with E-state index >= 15 is 0 Å². The lowest BCUT2D eigenvalue weighted by Crippen LogP contribution is -2.41. The summed E-state index contributed by atoms with van der Waals surface area (Å²) in [5, 5.41) is 0. The van der Waals surface area contributed by atoms with Gasteiger partial charge in [-0.2, -0.15) is 0 Å². The molecule has 0 saturated carbocycles. The molecule has 1 fully saturated rings. The second-order valence-electron chi connectivity index (χ2n) is 5.78. The van der Waals surface area contributed by atoms with Gasteiger partial charge in [0, 0.05) is 5.56 Å². The number of hydrogen-bond donors (Lipinski definition) is 0. The van der Waals surface area contributed by atoms with E-state index in [4.69, 9.17) is 9.31 Å². The molecule has 0 atom stereocenters. The van der Waals surface area contributed by atoms with Crippen LogP contribution in [0.5, 0.6) is 0 Å². The number of aryl methyl sites for hydroxylation is 1. The highest BCUT2D eigenvalue weighted by Gasteiger charge is 2.52. The van der Waals surface area contributed by atoms with E-state index in [1.165, 1.54) is 0 Å². The number of rotatable bonds is 2. The molecule has 0 unspecified atom stereocenters. The summed E-state index contributed by atoms with van der Waals surface area (Å²) in [6, 6.07) is 5.63. The zero-order valence-electron chi connectivity index (χ0n) is 11.6. The van der Waals surface area contributed by atoms with Crippen molar-refractivity contribution in [3.8, 4) is 0 Å². The summed E-state index contributed by atoms with van der Waals surface area (Å²) in [7, 11) is -0.476. The molecule has 4 heteroatoms. The van der Waals surface area contributed by atoms with E-state index in [2.05, 4.69) is 0 Å². The Hall–Kier alpha value is -1.13. The van der Waals surface area contributed by atoms with Crippen LogP contribution in [0.1, 0.15) is 43.6 Å². The van der Waals surface area contributed by atoms with Crippen LogP contribution in [0.4, 0.5) is 0 Å². The Kier molecular flexibility index (Phi) is 3.12. The molecule has 18 heavy (non-hydrogen) atoms. The van der Waals surface area contributed by atoms with E-state index in [0.717, 1.165) is 17.3 Å². The first-order valence-corrected chi connectivity index (χ1v) is 6.19. The van der Waals surface area contributed by atoms with Gasteiger partial charge in [0.25, 0.3) is 0 Å². The van der Waals surface area contributed by atoms with Gasteiger partial charge < -0.3 is 9.31 Å². The molecule has 0 radical (unpaired) electrons. The maximum absolute atomic E-state index is 11.1. The normalized spacial score (nSPS) is 21.1. The van der Waals surface area contributed by atoms with Crippen LogP contribution in [0.25, 0.3) is 0 Å². The van der Waals surface area contributed by atoms with Gasteiger partial charge in [-0.25, -0.2) is 0 Å². The van der Waals surface area contributed by atoms with Crippen LogP contribution < -0.4 is 5.46 Å². The van der Waals surface area contributed by atoms with Crippen LogP contribution >= 0.6 is 0 Å². The Morgan fingerprint density at radius 1 is 1.11 bits per heavy atom. The van der Waals surface area contributed by atoms with Gasteiger partial charge in [-0.3, -0.25) is 4.79 Å². The summed E-state index contributed by atoms with van der Waals surface area (Å²) in [6.07, 6.45) is 0.855. The van der Waals surface area contributed by atoms with Gasteiger partial charge in [-0.1, -0.05) is 23.8 Å². The van der Waals surface area contributed by atoms with Gasteiger partial charge in [0.1, 0.15) is 6.29 Å². The van der Waals surface area contributed by atoms with Crippen molar-refractivity contribution in [3.63, 3.8) is 0 Å². The summed E-state index contributed by atoms with van der Waals surface area (Å²) in [4.78, 5) is 11.1. The summed E-state index contributed by atoms with van der Waals surface area (Å²) in [5.74, 6) is 0. The average molecular weight is 246 g/mol. The maximum atomic E-state index is 11.1. The van der Waals surface area contributed by atoms with Crippen LogP contribution in [0.2, 0.25) is 0 Å². The Morgan fingerprint density at radius 3 is 2.17 bits per heavy atom. The van der Waals surface area contributed by atoms with Crippen LogP contribution in [0, 0.1) is 6.92 Å². The molecule has 0 N–H and O–H groups in total. The highest BCUT2D eigenvalue weighted by molar-refractivity contribution is 6.64. The third kappa shape index (κ3) is 2.00. The van der Waals surface area contributed by atoms with E-state index in [1.54, 1.807) is 6.07 Å². The van der Waals surface area contributed by atoms with Crippen molar-refractivity contribution < 1.29 is 14.1 Å². The smallest absolute Gasteiger partial charge is 0.399 e. The number of benzene rings is 1. The van der Waals surface area contributed by atoms with Gasteiger partial charge in [-0.15, -0.1) is 0 Å². The van der Waals surface area contributed by atoms with E-state index in [9.17, 15) is 4.79 Å². The number of hydrogen-bond acceptors (Lipinski definition) is 3. The number of carbonyl (C=O) groups is 1. The summed E-state index contributed by atoms with van der Waals surface area (Å²) in [6.45, 7) is 9.99. The fourth-order valence-corrected chi connectivity index (χ4v) is 2.09. The van der Waals surface area contributed by atoms with Crippen molar-refractivity contribution in [3.05, 3.63) is 29.3 Å². The van der Waals surface area contributed by atoms with E-state index in [-0.39, 0.29) is 11.2 Å². The standard InChI is InChI=1S/C14H19BO3/c1-10-7-6-8-11(9-16)12(10)15-17-13(2,3)14(4,5)18-15/h6-9H,1-5H3. The SMILES string of the molecule is Cc1cccc(C=O)c1B1OC(C)(C)C(C)(C)O1. The molecule has 1 aromatic carbocycles. The second-order valence-corrected chi connectivity index (χ2v) is 5.78. The molecule has 0 spiro atoms. The molecule has 1 aliphatic heterocycles. The van der Waals surface area contributed by atoms with Crippen LogP contribution in [0.3, 0.4) is 0 Å². The number of carbonyl (C=O) groups excluding carboxylic acids is 1. The van der Waals surface area contributed by atoms with Gasteiger partial charge in [-0.05, 0) is 40.1 Å². The monoisotopic (exact) mass is 246 g/mol. The predicted octanol–water partition coefficient (Wildman–Crippen LogP) is 2.11. The van der Waals surface area contributed by atoms with E-state index < -0.39 is 7.12 Å². The van der Waals surface area contributed by atoms with E-state index in [1.807, 2.05) is 46.8 Å². The molecule has 0 aromatic heterocycles. The Morgan fingerprint density at radius 2 is 1.67 bits per heavy atom. The minimum atomic E-state index is -0.476. The largest absolute Gasteiger partial charge is 0.495 e. The molecule has 1 saturated heterocycles. The molecular weight excluding hydrogens is 227 g/mol. The Labute approximate surface area is 109 Å². The van der Waals surface area contributed by atoms with Gasteiger partial charge in [0.15, 0.2) is 0 Å². The van der Waals surface area contributed by atoms with Crippen molar-refractivity contribution in [2.24, 2.45) is 0 Å². The average Bonchev–Trinajstić information content (AvgIpc) is 2.47. The van der Waals surface area contributed by atoms with Crippen molar-refractivity contribution in [1.82, 2.24) is 0 Å². The second kappa shape index (κ2) is 4.21. The minimum Gasteiger partial charge on any atom is -0.399 e. The Bertz CT molecular complexity index is 464. The lowest BCUT2D eigenvalue weighted by molar-refractivity contribution is 0.00578. The first-order chi connectivity index (χ1) is 8.28. The molecule has 2 rings (SSSR count). The van der Waals surface area contributed by atoms with Crippen LogP contribution in [0.15, 0.2) is 18.2 Å².